The van der Waals surface area contributed by atoms with Crippen LogP contribution in [0.25, 0.3) is 0 Å². The Labute approximate surface area is 160 Å². The minimum Gasteiger partial charge on any atom is -0.467 e. The van der Waals surface area contributed by atoms with E-state index in [4.69, 9.17) is 9.47 Å². The third-order valence-electron chi connectivity index (χ3n) is 2.90. The summed E-state index contributed by atoms with van der Waals surface area (Å²) < 4.78 is 60.0. The number of alkyl halides is 2. The van der Waals surface area contributed by atoms with Crippen molar-refractivity contribution in [2.45, 2.75) is 5.76 Å². The lowest BCUT2D eigenvalue weighted by Gasteiger charge is -2.13. The van der Waals surface area contributed by atoms with Gasteiger partial charge in [0.1, 0.15) is 0 Å². The van der Waals surface area contributed by atoms with Crippen molar-refractivity contribution in [3.05, 3.63) is 33.2 Å². The number of carbonyl (C=O) groups is 1. The first kappa shape index (κ1) is 20.2. The zero-order chi connectivity index (χ0) is 19.5. The van der Waals surface area contributed by atoms with Gasteiger partial charge < -0.3 is 9.47 Å². The van der Waals surface area contributed by atoms with Gasteiger partial charge in [-0.3, -0.25) is 9.52 Å². The van der Waals surface area contributed by atoms with Crippen LogP contribution < -0.4 is 14.2 Å². The Bertz CT molecular complexity index is 920. The molecule has 2 aromatic rings. The maximum Gasteiger partial charge on any atom is 0.355 e. The highest BCUT2D eigenvalue weighted by Crippen LogP contribution is 2.27. The number of methoxy groups -OCH3 is 2. The molecule has 1 N–H and O–H groups in total. The predicted octanol–water partition coefficient (Wildman–Crippen LogP) is 1.69. The summed E-state index contributed by atoms with van der Waals surface area (Å²) in [6, 6.07) is 3.72. The molecule has 0 aliphatic rings. The lowest BCUT2D eigenvalue weighted by Crippen LogP contribution is -2.23. The molecule has 0 amide bonds. The maximum atomic E-state index is 12.7. The fourth-order valence-corrected chi connectivity index (χ4v) is 3.16. The maximum absolute atomic E-state index is 12.7. The summed E-state index contributed by atoms with van der Waals surface area (Å²) in [7, 11) is -2.46. The number of aromatic nitrogens is 3. The predicted molar refractivity (Wildman–Crippen MR) is 94.1 cm³/mol. The topological polar surface area (TPSA) is 120 Å². The highest BCUT2D eigenvalue weighted by molar-refractivity contribution is 14.1. The Hall–Kier alpha value is -2.16. The molecule has 1 heterocycles. The van der Waals surface area contributed by atoms with Gasteiger partial charge in [0.25, 0.3) is 10.0 Å². The molecule has 0 saturated carbocycles. The fraction of sp³-hybridized carbons (Fsp3) is 0.231. The van der Waals surface area contributed by atoms with E-state index in [1.807, 2.05) is 0 Å². The van der Waals surface area contributed by atoms with Crippen molar-refractivity contribution in [1.82, 2.24) is 15.0 Å². The van der Waals surface area contributed by atoms with Crippen LogP contribution >= 0.6 is 22.6 Å². The first-order valence-electron chi connectivity index (χ1n) is 6.66. The van der Waals surface area contributed by atoms with Crippen molar-refractivity contribution < 1.29 is 31.5 Å². The lowest BCUT2D eigenvalue weighted by molar-refractivity contribution is 0.102. The number of rotatable bonds is 7. The number of nitrogens with zero attached hydrogens (tertiary/aromatic N) is 3. The van der Waals surface area contributed by atoms with Crippen molar-refractivity contribution in [3.63, 3.8) is 0 Å². The van der Waals surface area contributed by atoms with Gasteiger partial charge in [0, 0.05) is 3.57 Å². The largest absolute Gasteiger partial charge is 0.467 e. The summed E-state index contributed by atoms with van der Waals surface area (Å²) in [5, 5.41) is 0. The number of hydrogen-bond donors (Lipinski definition) is 1. The van der Waals surface area contributed by atoms with E-state index in [9.17, 15) is 22.0 Å². The number of ether oxygens (including phenoxy) is 2. The van der Waals surface area contributed by atoms with Crippen molar-refractivity contribution in [2.24, 2.45) is 0 Å². The van der Waals surface area contributed by atoms with Gasteiger partial charge in [-0.05, 0) is 34.7 Å². The first-order chi connectivity index (χ1) is 12.2. The fourth-order valence-electron chi connectivity index (χ4n) is 1.75. The molecule has 1 aromatic carbocycles. The highest BCUT2D eigenvalue weighted by atomic mass is 127. The average Bonchev–Trinajstić information content (AvgIpc) is 2.62. The average molecular weight is 500 g/mol. The molecule has 0 atom stereocenters. The Morgan fingerprint density at radius 1 is 1.15 bits per heavy atom. The summed E-state index contributed by atoms with van der Waals surface area (Å²) in [5.74, 6) is -4.92. The number of ketones is 1. The quantitative estimate of drug-likeness (QED) is 0.451. The van der Waals surface area contributed by atoms with E-state index in [1.165, 1.54) is 32.4 Å². The molecule has 0 aliphatic heterocycles. The highest BCUT2D eigenvalue weighted by Gasteiger charge is 2.28. The Kier molecular flexibility index (Phi) is 6.22. The summed E-state index contributed by atoms with van der Waals surface area (Å²) in [6.45, 7) is 0. The van der Waals surface area contributed by atoms with E-state index in [0.717, 1.165) is 0 Å². The second-order valence-electron chi connectivity index (χ2n) is 4.53. The SMILES string of the molecule is COc1nc(OC)nc(C(=O)c2cccc(I)c2NS(=O)(=O)C(F)F)n1. The van der Waals surface area contributed by atoms with Crippen molar-refractivity contribution in [2.75, 3.05) is 18.9 Å². The number of nitrogens with one attached hydrogen (secondary N) is 1. The van der Waals surface area contributed by atoms with Crippen LogP contribution in [0.3, 0.4) is 0 Å². The molecule has 0 fully saturated rings. The Balaban J connectivity index is 2.56. The van der Waals surface area contributed by atoms with Gasteiger partial charge >= 0.3 is 17.8 Å². The zero-order valence-electron chi connectivity index (χ0n) is 13.2. The Morgan fingerprint density at radius 3 is 2.23 bits per heavy atom. The van der Waals surface area contributed by atoms with Crippen LogP contribution in [0.5, 0.6) is 12.0 Å². The van der Waals surface area contributed by atoms with E-state index in [-0.39, 0.29) is 26.8 Å². The summed E-state index contributed by atoms with van der Waals surface area (Å²) in [4.78, 5) is 24.0. The number of carbonyl (C=O) groups excluding carboxylic acids is 1. The van der Waals surface area contributed by atoms with Crippen LogP contribution in [0.1, 0.15) is 16.2 Å². The van der Waals surface area contributed by atoms with Gasteiger partial charge in [-0.15, -0.1) is 4.98 Å². The molecule has 2 rings (SSSR count). The molecule has 1 aromatic heterocycles. The molecule has 0 bridgehead atoms. The van der Waals surface area contributed by atoms with Crippen LogP contribution in [0.15, 0.2) is 18.2 Å². The normalized spacial score (nSPS) is 11.3. The Morgan fingerprint density at radius 2 is 1.73 bits per heavy atom. The second-order valence-corrected chi connectivity index (χ2v) is 7.34. The van der Waals surface area contributed by atoms with Gasteiger partial charge in [0.15, 0.2) is 0 Å². The third-order valence-corrected chi connectivity index (χ3v) is 4.76. The van der Waals surface area contributed by atoms with Gasteiger partial charge in [-0.2, -0.15) is 18.7 Å². The molecular formula is C13H11F2IN4O5S. The van der Waals surface area contributed by atoms with E-state index in [2.05, 4.69) is 15.0 Å². The van der Waals surface area contributed by atoms with E-state index in [0.29, 0.717) is 0 Å². The van der Waals surface area contributed by atoms with Gasteiger partial charge in [0.2, 0.25) is 11.6 Å². The number of anilines is 1. The summed E-state index contributed by atoms with van der Waals surface area (Å²) in [5.41, 5.74) is -0.534. The van der Waals surface area contributed by atoms with E-state index in [1.54, 1.807) is 27.3 Å². The molecule has 0 saturated heterocycles. The standard InChI is InChI=1S/C13H11F2IN4O5S/c1-24-12-17-10(18-13(19-12)25-2)9(21)6-4-3-5-7(16)8(6)20-26(22,23)11(14)15/h3-5,11,20H,1-2H3. The molecule has 0 aliphatic carbocycles. The van der Waals surface area contributed by atoms with Gasteiger partial charge in [-0.1, -0.05) is 6.07 Å². The number of sulfonamides is 1. The summed E-state index contributed by atoms with van der Waals surface area (Å²) in [6.07, 6.45) is 0. The van der Waals surface area contributed by atoms with Crippen LogP contribution in [-0.2, 0) is 10.0 Å². The van der Waals surface area contributed by atoms with Crippen LogP contribution in [0, 0.1) is 3.57 Å². The number of hydrogen-bond acceptors (Lipinski definition) is 8. The molecule has 13 heteroatoms. The minimum atomic E-state index is -4.98. The number of halogens is 3. The molecule has 0 unspecified atom stereocenters. The number of para-hydroxylation sites is 1. The molecule has 0 spiro atoms. The molecule has 26 heavy (non-hydrogen) atoms. The van der Waals surface area contributed by atoms with Gasteiger partial charge in [0.05, 0.1) is 25.5 Å². The van der Waals surface area contributed by atoms with E-state index < -0.39 is 27.4 Å². The molecular weight excluding hydrogens is 489 g/mol. The molecule has 9 nitrogen and oxygen atoms in total. The monoisotopic (exact) mass is 500 g/mol. The minimum absolute atomic E-state index is 0.208. The number of benzene rings is 1. The van der Waals surface area contributed by atoms with Gasteiger partial charge in [-0.25, -0.2) is 8.42 Å². The van der Waals surface area contributed by atoms with E-state index >= 15 is 0 Å². The first-order valence-corrected chi connectivity index (χ1v) is 9.29. The second kappa shape index (κ2) is 8.03. The zero-order valence-corrected chi connectivity index (χ0v) is 16.2. The van der Waals surface area contributed by atoms with Crippen LogP contribution in [0.2, 0.25) is 0 Å². The van der Waals surface area contributed by atoms with Crippen molar-refractivity contribution in [1.29, 1.82) is 0 Å². The smallest absolute Gasteiger partial charge is 0.355 e. The van der Waals surface area contributed by atoms with Crippen LogP contribution in [-0.4, -0.2) is 49.1 Å². The molecule has 0 radical (unpaired) electrons. The van der Waals surface area contributed by atoms with Crippen LogP contribution in [0.4, 0.5) is 14.5 Å². The van der Waals surface area contributed by atoms with Crippen molar-refractivity contribution in [3.8, 4) is 12.0 Å². The lowest BCUT2D eigenvalue weighted by atomic mass is 10.1. The van der Waals surface area contributed by atoms with Crippen molar-refractivity contribution >= 4 is 44.1 Å². The summed E-state index contributed by atoms with van der Waals surface area (Å²) >= 11 is 1.70. The third kappa shape index (κ3) is 4.32. The molecule has 140 valence electrons.